The first-order chi connectivity index (χ1) is 10.0. The van der Waals surface area contributed by atoms with Crippen LogP contribution in [-0.2, 0) is 6.54 Å². The third-order valence-electron chi connectivity index (χ3n) is 3.58. The fourth-order valence-electron chi connectivity index (χ4n) is 2.24. The molecule has 0 N–H and O–H groups in total. The number of hydrogen-bond donors (Lipinski definition) is 0. The molecular formula is C15H13BrN2O3. The minimum atomic E-state index is -0.420. The maximum Gasteiger partial charge on any atom is 0.270 e. The number of nitrogens with zero attached hydrogens (tertiary/aromatic N) is 2. The van der Waals surface area contributed by atoms with Gasteiger partial charge in [0.05, 0.1) is 4.92 Å². The Balaban J connectivity index is 1.77. The molecule has 1 aromatic carbocycles. The van der Waals surface area contributed by atoms with Crippen LogP contribution in [0.3, 0.4) is 0 Å². The topological polar surface area (TPSA) is 65.1 Å². The van der Waals surface area contributed by atoms with Gasteiger partial charge < -0.3 is 4.57 Å². The van der Waals surface area contributed by atoms with E-state index < -0.39 is 4.92 Å². The van der Waals surface area contributed by atoms with Crippen LogP contribution in [-0.4, -0.2) is 15.3 Å². The van der Waals surface area contributed by atoms with E-state index in [1.54, 1.807) is 6.07 Å². The quantitative estimate of drug-likeness (QED) is 0.469. The van der Waals surface area contributed by atoms with Crippen LogP contribution in [0, 0.1) is 16.0 Å². The van der Waals surface area contributed by atoms with Crippen molar-refractivity contribution in [3.8, 4) is 0 Å². The minimum absolute atomic E-state index is 0.0581. The third-order valence-corrected chi connectivity index (χ3v) is 4.32. The van der Waals surface area contributed by atoms with E-state index >= 15 is 0 Å². The van der Waals surface area contributed by atoms with E-state index in [2.05, 4.69) is 15.9 Å². The van der Waals surface area contributed by atoms with Gasteiger partial charge in [-0.3, -0.25) is 14.9 Å². The molecule has 0 aliphatic heterocycles. The molecule has 0 bridgehead atoms. The Labute approximate surface area is 129 Å². The molecule has 108 valence electrons. The summed E-state index contributed by atoms with van der Waals surface area (Å²) in [4.78, 5) is 22.3. The molecule has 1 aliphatic carbocycles. The van der Waals surface area contributed by atoms with E-state index in [1.807, 2.05) is 23.0 Å². The number of hydrogen-bond acceptors (Lipinski definition) is 3. The summed E-state index contributed by atoms with van der Waals surface area (Å²) in [5.74, 6) is 0.434. The molecule has 5 nitrogen and oxygen atoms in total. The predicted octanol–water partition coefficient (Wildman–Crippen LogP) is 3.80. The van der Waals surface area contributed by atoms with Crippen molar-refractivity contribution in [2.75, 3.05) is 0 Å². The van der Waals surface area contributed by atoms with Gasteiger partial charge in [0.25, 0.3) is 5.69 Å². The lowest BCUT2D eigenvalue weighted by atomic mass is 10.1. The number of nitro benzene ring substituents is 1. The summed E-state index contributed by atoms with van der Waals surface area (Å²) in [6.07, 6.45) is 5.70. The minimum Gasteiger partial charge on any atom is -0.349 e. The number of aromatic nitrogens is 1. The second-order valence-electron chi connectivity index (χ2n) is 5.24. The molecule has 1 saturated carbocycles. The van der Waals surface area contributed by atoms with Crippen LogP contribution in [0.15, 0.2) is 41.1 Å². The molecule has 6 heteroatoms. The highest BCUT2D eigenvalue weighted by molar-refractivity contribution is 9.10. The molecule has 2 aromatic rings. The smallest absolute Gasteiger partial charge is 0.270 e. The summed E-state index contributed by atoms with van der Waals surface area (Å²) in [6.45, 7) is 0.566. The predicted molar refractivity (Wildman–Crippen MR) is 81.4 cm³/mol. The summed E-state index contributed by atoms with van der Waals surface area (Å²) >= 11 is 3.36. The number of rotatable bonds is 5. The van der Waals surface area contributed by atoms with Gasteiger partial charge >= 0.3 is 0 Å². The van der Waals surface area contributed by atoms with Gasteiger partial charge in [-0.2, -0.15) is 0 Å². The molecule has 0 atom stereocenters. The summed E-state index contributed by atoms with van der Waals surface area (Å²) in [6, 6.07) is 6.54. The fourth-order valence-corrected chi connectivity index (χ4v) is 2.73. The lowest BCUT2D eigenvalue weighted by Crippen LogP contribution is -2.01. The summed E-state index contributed by atoms with van der Waals surface area (Å²) in [5, 5.41) is 10.7. The first kappa shape index (κ1) is 14.0. The van der Waals surface area contributed by atoms with Gasteiger partial charge in [-0.1, -0.05) is 15.9 Å². The zero-order valence-electron chi connectivity index (χ0n) is 11.2. The number of carbonyl (C=O) groups excluding carboxylic acids is 1. The normalized spacial score (nSPS) is 14.1. The molecule has 0 amide bonds. The van der Waals surface area contributed by atoms with Crippen LogP contribution in [0.4, 0.5) is 5.69 Å². The number of halogens is 1. The first-order valence-corrected chi connectivity index (χ1v) is 7.46. The average molecular weight is 349 g/mol. The molecule has 1 heterocycles. The van der Waals surface area contributed by atoms with Gasteiger partial charge in [-0.15, -0.1) is 0 Å². The van der Waals surface area contributed by atoms with Gasteiger partial charge in [-0.05, 0) is 30.5 Å². The van der Waals surface area contributed by atoms with Crippen LogP contribution < -0.4 is 0 Å². The maximum absolute atomic E-state index is 12.0. The number of carbonyl (C=O) groups is 1. The van der Waals surface area contributed by atoms with E-state index in [4.69, 9.17) is 0 Å². The number of Topliss-reactive ketones (excluding diaryl/α,β-unsaturated/α-hetero) is 1. The highest BCUT2D eigenvalue weighted by atomic mass is 79.9. The highest BCUT2D eigenvalue weighted by Gasteiger charge is 2.30. The van der Waals surface area contributed by atoms with E-state index in [9.17, 15) is 14.9 Å². The monoisotopic (exact) mass is 348 g/mol. The van der Waals surface area contributed by atoms with E-state index in [1.165, 1.54) is 12.1 Å². The summed E-state index contributed by atoms with van der Waals surface area (Å²) in [5.41, 5.74) is 1.74. The lowest BCUT2D eigenvalue weighted by molar-refractivity contribution is -0.384. The third kappa shape index (κ3) is 3.05. The first-order valence-electron chi connectivity index (χ1n) is 6.67. The lowest BCUT2D eigenvalue weighted by Gasteiger charge is -2.05. The van der Waals surface area contributed by atoms with Gasteiger partial charge in [0.2, 0.25) is 0 Å². The van der Waals surface area contributed by atoms with Crippen molar-refractivity contribution in [2.45, 2.75) is 19.4 Å². The summed E-state index contributed by atoms with van der Waals surface area (Å²) in [7, 11) is 0. The second kappa shape index (κ2) is 5.44. The molecule has 0 saturated heterocycles. The highest BCUT2D eigenvalue weighted by Crippen LogP contribution is 2.32. The number of nitro groups is 1. The van der Waals surface area contributed by atoms with Crippen LogP contribution in [0.2, 0.25) is 0 Å². The van der Waals surface area contributed by atoms with Gasteiger partial charge in [0.1, 0.15) is 0 Å². The fraction of sp³-hybridized carbons (Fsp3) is 0.267. The van der Waals surface area contributed by atoms with E-state index in [-0.39, 0.29) is 17.4 Å². The van der Waals surface area contributed by atoms with Crippen LogP contribution >= 0.6 is 15.9 Å². The Morgan fingerprint density at radius 3 is 2.76 bits per heavy atom. The Kier molecular flexibility index (Phi) is 3.63. The van der Waals surface area contributed by atoms with Gasteiger partial charge in [0, 0.05) is 47.0 Å². The molecule has 21 heavy (non-hydrogen) atoms. The van der Waals surface area contributed by atoms with Crippen LogP contribution in [0.5, 0.6) is 0 Å². The van der Waals surface area contributed by atoms with Crippen LogP contribution in [0.25, 0.3) is 0 Å². The Morgan fingerprint density at radius 2 is 2.14 bits per heavy atom. The maximum atomic E-state index is 12.0. The molecule has 1 aromatic heterocycles. The Morgan fingerprint density at radius 1 is 1.38 bits per heavy atom. The van der Waals surface area contributed by atoms with Gasteiger partial charge in [0.15, 0.2) is 5.78 Å². The van der Waals surface area contributed by atoms with Crippen molar-refractivity contribution >= 4 is 27.4 Å². The molecular weight excluding hydrogens is 336 g/mol. The Hall–Kier alpha value is -1.95. The Bertz CT molecular complexity index is 719. The number of benzene rings is 1. The van der Waals surface area contributed by atoms with Crippen molar-refractivity contribution in [3.05, 3.63) is 62.4 Å². The number of non-ortho nitro benzene ring substituents is 1. The zero-order valence-corrected chi connectivity index (χ0v) is 12.7. The molecule has 1 fully saturated rings. The average Bonchev–Trinajstić information content (AvgIpc) is 3.20. The van der Waals surface area contributed by atoms with Crippen molar-refractivity contribution in [3.63, 3.8) is 0 Å². The molecule has 1 aliphatic rings. The molecule has 0 radical (unpaired) electrons. The van der Waals surface area contributed by atoms with Crippen molar-refractivity contribution in [1.29, 1.82) is 0 Å². The molecule has 0 spiro atoms. The molecule has 3 rings (SSSR count). The largest absolute Gasteiger partial charge is 0.349 e. The van der Waals surface area contributed by atoms with E-state index in [0.29, 0.717) is 11.0 Å². The SMILES string of the molecule is O=C(c1ccn(Cc2ccc([N+](=O)[O-])cc2Br)c1)C1CC1. The summed E-state index contributed by atoms with van der Waals surface area (Å²) < 4.78 is 2.61. The van der Waals surface area contributed by atoms with Gasteiger partial charge in [-0.25, -0.2) is 0 Å². The second-order valence-corrected chi connectivity index (χ2v) is 6.10. The van der Waals surface area contributed by atoms with Crippen molar-refractivity contribution < 1.29 is 9.72 Å². The molecule has 0 unspecified atom stereocenters. The zero-order chi connectivity index (χ0) is 15.0. The standard InChI is InChI=1S/C15H13BrN2O3/c16-14-7-13(18(20)21)4-3-11(14)8-17-6-5-12(9-17)15(19)10-1-2-10/h3-7,9-10H,1-2,8H2. The van der Waals surface area contributed by atoms with Crippen molar-refractivity contribution in [1.82, 2.24) is 4.57 Å². The van der Waals surface area contributed by atoms with E-state index in [0.717, 1.165) is 24.0 Å². The number of ketones is 1. The van der Waals surface area contributed by atoms with Crippen molar-refractivity contribution in [2.24, 2.45) is 5.92 Å². The van der Waals surface area contributed by atoms with Crippen LogP contribution in [0.1, 0.15) is 28.8 Å².